The van der Waals surface area contributed by atoms with Gasteiger partial charge in [-0.25, -0.2) is 14.5 Å². The van der Waals surface area contributed by atoms with Crippen LogP contribution in [-0.2, 0) is 0 Å². The smallest absolute Gasteiger partial charge is 0.327 e. The van der Waals surface area contributed by atoms with Crippen molar-refractivity contribution in [2.75, 3.05) is 6.54 Å². The van der Waals surface area contributed by atoms with Crippen LogP contribution in [-0.4, -0.2) is 43.3 Å². The van der Waals surface area contributed by atoms with Crippen molar-refractivity contribution in [3.05, 3.63) is 53.1 Å². The zero-order chi connectivity index (χ0) is 19.2. The highest BCUT2D eigenvalue weighted by Gasteiger charge is 2.28. The summed E-state index contributed by atoms with van der Waals surface area (Å²) in [5, 5.41) is 9.06. The Morgan fingerprint density at radius 3 is 2.59 bits per heavy atom. The number of hydrogen-bond donors (Lipinski definition) is 2. The number of carbonyl (C=O) groups is 1. The molecule has 3 aromatic heterocycles. The predicted octanol–water partition coefficient (Wildman–Crippen LogP) is 2.18. The molecule has 2 N–H and O–H groups in total. The van der Waals surface area contributed by atoms with E-state index in [2.05, 4.69) is 15.2 Å². The van der Waals surface area contributed by atoms with E-state index in [9.17, 15) is 22.8 Å². The van der Waals surface area contributed by atoms with Gasteiger partial charge in [-0.1, -0.05) is 18.2 Å². The predicted molar refractivity (Wildman–Crippen MR) is 89.8 cm³/mol. The van der Waals surface area contributed by atoms with Crippen molar-refractivity contribution < 1.29 is 18.0 Å². The Hall–Kier alpha value is -3.63. The summed E-state index contributed by atoms with van der Waals surface area (Å²) in [6, 6.07) is 7.73. The third-order valence-corrected chi connectivity index (χ3v) is 3.90. The summed E-state index contributed by atoms with van der Waals surface area (Å²) in [6.45, 7) is -1.49. The summed E-state index contributed by atoms with van der Waals surface area (Å²) in [6.07, 6.45) is -2.02. The topological polar surface area (TPSA) is 97.6 Å². The van der Waals surface area contributed by atoms with E-state index in [1.807, 2.05) is 0 Å². The van der Waals surface area contributed by atoms with Crippen LogP contribution in [0.25, 0.3) is 27.6 Å². The summed E-state index contributed by atoms with van der Waals surface area (Å²) >= 11 is 0. The Morgan fingerprint density at radius 2 is 1.89 bits per heavy atom. The van der Waals surface area contributed by atoms with E-state index in [-0.39, 0.29) is 16.6 Å². The number of halogens is 3. The van der Waals surface area contributed by atoms with Crippen LogP contribution in [0, 0.1) is 0 Å². The molecule has 138 valence electrons. The summed E-state index contributed by atoms with van der Waals surface area (Å²) in [5.74, 6) is 0. The number of aromatic amines is 1. The monoisotopic (exact) mass is 376 g/mol. The van der Waals surface area contributed by atoms with Crippen LogP contribution in [0.3, 0.4) is 0 Å². The quantitative estimate of drug-likeness (QED) is 0.560. The second-order valence-electron chi connectivity index (χ2n) is 5.70. The van der Waals surface area contributed by atoms with Gasteiger partial charge in [0, 0.05) is 6.20 Å². The summed E-state index contributed by atoms with van der Waals surface area (Å²) in [4.78, 5) is 28.6. The molecule has 0 unspecified atom stereocenters. The number of para-hydroxylation sites is 1. The fourth-order valence-corrected chi connectivity index (χ4v) is 2.70. The van der Waals surface area contributed by atoms with Crippen LogP contribution in [0.1, 0.15) is 0 Å². The first-order chi connectivity index (χ1) is 12.8. The van der Waals surface area contributed by atoms with Crippen molar-refractivity contribution in [2.45, 2.75) is 6.18 Å². The maximum absolute atomic E-state index is 12.6. The molecule has 0 aliphatic rings. The molecule has 0 aliphatic heterocycles. The van der Waals surface area contributed by atoms with Crippen LogP contribution in [0.2, 0.25) is 0 Å². The molecule has 11 heteroatoms. The van der Waals surface area contributed by atoms with Gasteiger partial charge < -0.3 is 5.32 Å². The Bertz CT molecular complexity index is 1210. The molecule has 4 rings (SSSR count). The lowest BCUT2D eigenvalue weighted by Crippen LogP contribution is -2.37. The largest absolute Gasteiger partial charge is 0.405 e. The second kappa shape index (κ2) is 5.97. The molecule has 0 bridgehead atoms. The standard InChI is InChI=1S/C16H11F3N6O2/c17-16(18,19)8-21-15(27)25-13-10(7-22-25)12-11(6-20-13)14(26)24(23-12)9-4-2-1-3-5-9/h1-7,23H,8H2,(H,21,27). The van der Waals surface area contributed by atoms with Crippen LogP contribution >= 0.6 is 0 Å². The Kier molecular flexibility index (Phi) is 3.72. The number of amides is 1. The highest BCUT2D eigenvalue weighted by molar-refractivity contribution is 6.03. The number of nitrogens with zero attached hydrogens (tertiary/aromatic N) is 4. The lowest BCUT2D eigenvalue weighted by molar-refractivity contribution is -0.122. The van der Waals surface area contributed by atoms with Crippen molar-refractivity contribution in [3.63, 3.8) is 0 Å². The SMILES string of the molecule is O=C(NCC(F)(F)F)n1ncc2c3[nH]n(-c4ccccc4)c(=O)c3cnc21. The van der Waals surface area contributed by atoms with Crippen LogP contribution in [0.4, 0.5) is 18.0 Å². The maximum Gasteiger partial charge on any atom is 0.405 e. The molecule has 27 heavy (non-hydrogen) atoms. The number of H-pyrrole nitrogens is 1. The number of benzene rings is 1. The highest BCUT2D eigenvalue weighted by atomic mass is 19.4. The van der Waals surface area contributed by atoms with Crippen LogP contribution < -0.4 is 10.9 Å². The average molecular weight is 376 g/mol. The zero-order valence-electron chi connectivity index (χ0n) is 13.5. The lowest BCUT2D eigenvalue weighted by atomic mass is 10.2. The van der Waals surface area contributed by atoms with Gasteiger partial charge in [0.2, 0.25) is 0 Å². The Balaban J connectivity index is 1.81. The molecule has 0 spiro atoms. The number of carbonyl (C=O) groups excluding carboxylic acids is 1. The van der Waals surface area contributed by atoms with Gasteiger partial charge in [0.25, 0.3) is 5.56 Å². The molecule has 1 aromatic carbocycles. The molecule has 0 fully saturated rings. The molecule has 0 atom stereocenters. The number of nitrogens with one attached hydrogen (secondary N) is 2. The van der Waals surface area contributed by atoms with Gasteiger partial charge in [0.15, 0.2) is 5.65 Å². The second-order valence-corrected chi connectivity index (χ2v) is 5.70. The molecular formula is C16H11F3N6O2. The van der Waals surface area contributed by atoms with Crippen molar-refractivity contribution >= 4 is 28.0 Å². The normalized spacial score (nSPS) is 12.0. The molecule has 8 nitrogen and oxygen atoms in total. The van der Waals surface area contributed by atoms with E-state index in [0.29, 0.717) is 16.6 Å². The van der Waals surface area contributed by atoms with Gasteiger partial charge in [-0.15, -0.1) is 0 Å². The van der Waals surface area contributed by atoms with Gasteiger partial charge in [-0.05, 0) is 12.1 Å². The first kappa shape index (κ1) is 16.8. The van der Waals surface area contributed by atoms with E-state index < -0.39 is 18.8 Å². The minimum absolute atomic E-state index is 0.0311. The van der Waals surface area contributed by atoms with E-state index in [1.165, 1.54) is 17.1 Å². The maximum atomic E-state index is 12.6. The van der Waals surface area contributed by atoms with Crippen LogP contribution in [0.15, 0.2) is 47.5 Å². The molecular weight excluding hydrogens is 365 g/mol. The van der Waals surface area contributed by atoms with E-state index in [4.69, 9.17) is 0 Å². The van der Waals surface area contributed by atoms with Crippen molar-refractivity contribution in [1.29, 1.82) is 0 Å². The summed E-state index contributed by atoms with van der Waals surface area (Å²) in [7, 11) is 0. The number of rotatable bonds is 2. The third-order valence-electron chi connectivity index (χ3n) is 3.90. The van der Waals surface area contributed by atoms with Crippen molar-refractivity contribution in [1.82, 2.24) is 29.9 Å². The number of aromatic nitrogens is 5. The fourth-order valence-electron chi connectivity index (χ4n) is 2.70. The van der Waals surface area contributed by atoms with Gasteiger partial charge in [0.05, 0.1) is 28.2 Å². The number of pyridine rings is 1. The molecule has 3 heterocycles. The highest BCUT2D eigenvalue weighted by Crippen LogP contribution is 2.21. The van der Waals surface area contributed by atoms with E-state index in [1.54, 1.807) is 35.6 Å². The van der Waals surface area contributed by atoms with E-state index >= 15 is 0 Å². The first-order valence-electron chi connectivity index (χ1n) is 7.73. The molecule has 0 saturated carbocycles. The molecule has 4 aromatic rings. The molecule has 1 amide bonds. The van der Waals surface area contributed by atoms with Gasteiger partial charge in [-0.2, -0.15) is 23.0 Å². The molecule has 0 saturated heterocycles. The van der Waals surface area contributed by atoms with Crippen LogP contribution in [0.5, 0.6) is 0 Å². The minimum Gasteiger partial charge on any atom is -0.327 e. The summed E-state index contributed by atoms with van der Waals surface area (Å²) in [5.41, 5.74) is 0.661. The van der Waals surface area contributed by atoms with Gasteiger partial charge in [-0.3, -0.25) is 9.89 Å². The number of fused-ring (bicyclic) bond motifs is 3. The lowest BCUT2D eigenvalue weighted by Gasteiger charge is -2.08. The average Bonchev–Trinajstić information content (AvgIpc) is 3.21. The van der Waals surface area contributed by atoms with Gasteiger partial charge >= 0.3 is 12.2 Å². The minimum atomic E-state index is -4.54. The number of hydrogen-bond acceptors (Lipinski definition) is 4. The fraction of sp³-hybridized carbons (Fsp3) is 0.125. The van der Waals surface area contributed by atoms with Crippen molar-refractivity contribution in [2.24, 2.45) is 0 Å². The van der Waals surface area contributed by atoms with Crippen molar-refractivity contribution in [3.8, 4) is 5.69 Å². The number of alkyl halides is 3. The molecule has 0 aliphatic carbocycles. The zero-order valence-corrected chi connectivity index (χ0v) is 13.5. The Morgan fingerprint density at radius 1 is 1.15 bits per heavy atom. The van der Waals surface area contributed by atoms with E-state index in [0.717, 1.165) is 4.68 Å². The Labute approximate surface area is 148 Å². The first-order valence-corrected chi connectivity index (χ1v) is 7.73. The van der Waals surface area contributed by atoms with Gasteiger partial charge in [0.1, 0.15) is 6.54 Å². The molecule has 0 radical (unpaired) electrons. The summed E-state index contributed by atoms with van der Waals surface area (Å²) < 4.78 is 38.9. The third kappa shape index (κ3) is 2.92.